The molecule has 0 saturated carbocycles. The maximum absolute atomic E-state index is 13.4. The largest absolute Gasteiger partial charge is 0.225 e. The average Bonchev–Trinajstić information content (AvgIpc) is 2.75. The molecule has 0 amide bonds. The molecule has 2 aromatic heterocycles. The number of thiophene rings is 1. The Morgan fingerprint density at radius 3 is 2.59 bits per heavy atom. The van der Waals surface area contributed by atoms with Gasteiger partial charge in [-0.3, -0.25) is 0 Å². The van der Waals surface area contributed by atoms with Crippen molar-refractivity contribution in [2.24, 2.45) is 0 Å². The fourth-order valence-corrected chi connectivity index (χ4v) is 2.68. The number of nitrogens with zero attached hydrogens (tertiary/aromatic N) is 2. The Morgan fingerprint density at radius 1 is 1.12 bits per heavy atom. The molecule has 3 rings (SSSR count). The summed E-state index contributed by atoms with van der Waals surface area (Å²) in [4.78, 5) is 9.33. The molecule has 4 heteroatoms. The number of hydrogen-bond acceptors (Lipinski definition) is 3. The summed E-state index contributed by atoms with van der Waals surface area (Å²) in [6.45, 7) is 2.04. The van der Waals surface area contributed by atoms with Crippen molar-refractivity contribution in [3.8, 4) is 10.4 Å². The maximum atomic E-state index is 13.4. The monoisotopic (exact) mass is 244 g/mol. The van der Waals surface area contributed by atoms with Crippen LogP contribution in [0.3, 0.4) is 0 Å². The minimum atomic E-state index is -0.454. The number of rotatable bonds is 1. The lowest BCUT2D eigenvalue weighted by Crippen LogP contribution is -1.82. The number of hydrogen-bond donors (Lipinski definition) is 0. The second-order valence-electron chi connectivity index (χ2n) is 3.86. The number of halogens is 1. The predicted octanol–water partition coefficient (Wildman–Crippen LogP) is 3.81. The van der Waals surface area contributed by atoms with Crippen molar-refractivity contribution in [3.63, 3.8) is 0 Å². The van der Waals surface area contributed by atoms with E-state index in [-0.39, 0.29) is 0 Å². The molecule has 0 N–H and O–H groups in total. The van der Waals surface area contributed by atoms with Crippen LogP contribution in [0.25, 0.3) is 20.7 Å². The first-order valence-corrected chi connectivity index (χ1v) is 6.03. The van der Waals surface area contributed by atoms with E-state index in [1.807, 2.05) is 31.2 Å². The minimum Gasteiger partial charge on any atom is -0.225 e. The van der Waals surface area contributed by atoms with Crippen LogP contribution < -0.4 is 0 Å². The number of benzene rings is 1. The van der Waals surface area contributed by atoms with Gasteiger partial charge in [-0.2, -0.15) is 4.39 Å². The SMILES string of the molecule is Cc1ccc(-c2cc3c(F)ncnc3s2)cc1. The summed E-state index contributed by atoms with van der Waals surface area (Å²) in [6.07, 6.45) is 1.26. The van der Waals surface area contributed by atoms with Crippen molar-refractivity contribution in [1.29, 1.82) is 0 Å². The topological polar surface area (TPSA) is 25.8 Å². The molecular formula is C13H9FN2S. The van der Waals surface area contributed by atoms with E-state index in [9.17, 15) is 4.39 Å². The van der Waals surface area contributed by atoms with Gasteiger partial charge in [0.15, 0.2) is 0 Å². The molecule has 0 aliphatic rings. The van der Waals surface area contributed by atoms with E-state index < -0.39 is 5.95 Å². The summed E-state index contributed by atoms with van der Waals surface area (Å²) in [5.41, 5.74) is 2.29. The predicted molar refractivity (Wildman–Crippen MR) is 67.5 cm³/mol. The lowest BCUT2D eigenvalue weighted by Gasteiger charge is -1.96. The number of aromatic nitrogens is 2. The zero-order chi connectivity index (χ0) is 11.8. The molecule has 3 aromatic rings. The molecule has 0 unspecified atom stereocenters. The second kappa shape index (κ2) is 3.89. The fraction of sp³-hybridized carbons (Fsp3) is 0.0769. The fourth-order valence-electron chi connectivity index (χ4n) is 1.69. The quantitative estimate of drug-likeness (QED) is 0.608. The summed E-state index contributed by atoms with van der Waals surface area (Å²) in [7, 11) is 0. The van der Waals surface area contributed by atoms with Crippen molar-refractivity contribution >= 4 is 21.6 Å². The van der Waals surface area contributed by atoms with Crippen molar-refractivity contribution in [3.05, 3.63) is 48.2 Å². The highest BCUT2D eigenvalue weighted by Crippen LogP contribution is 2.32. The molecule has 0 spiro atoms. The minimum absolute atomic E-state index is 0.454. The van der Waals surface area contributed by atoms with Gasteiger partial charge in [-0.05, 0) is 18.6 Å². The highest BCUT2D eigenvalue weighted by molar-refractivity contribution is 7.21. The van der Waals surface area contributed by atoms with Crippen molar-refractivity contribution < 1.29 is 4.39 Å². The standard InChI is InChI=1S/C13H9FN2S/c1-8-2-4-9(5-3-8)11-6-10-12(14)15-7-16-13(10)17-11/h2-7H,1H3. The van der Waals surface area contributed by atoms with E-state index in [2.05, 4.69) is 9.97 Å². The average molecular weight is 244 g/mol. The Balaban J connectivity index is 2.18. The molecule has 84 valence electrons. The molecule has 0 aliphatic carbocycles. The van der Waals surface area contributed by atoms with Crippen LogP contribution in [0.1, 0.15) is 5.56 Å². The smallest absolute Gasteiger partial charge is 0.224 e. The molecule has 2 nitrogen and oxygen atoms in total. The van der Waals surface area contributed by atoms with Crippen molar-refractivity contribution in [2.45, 2.75) is 6.92 Å². The Morgan fingerprint density at radius 2 is 1.88 bits per heavy atom. The van der Waals surface area contributed by atoms with Crippen LogP contribution >= 0.6 is 11.3 Å². The summed E-state index contributed by atoms with van der Waals surface area (Å²) in [5.74, 6) is -0.454. The Bertz CT molecular complexity index is 673. The number of aryl methyl sites for hydroxylation is 1. The third kappa shape index (κ3) is 1.80. The summed E-state index contributed by atoms with van der Waals surface area (Å²) in [5, 5.41) is 0.494. The van der Waals surface area contributed by atoms with Gasteiger partial charge in [0.2, 0.25) is 5.95 Å². The van der Waals surface area contributed by atoms with E-state index >= 15 is 0 Å². The summed E-state index contributed by atoms with van der Waals surface area (Å²) >= 11 is 1.48. The Hall–Kier alpha value is -1.81. The van der Waals surface area contributed by atoms with E-state index in [1.165, 1.54) is 23.2 Å². The second-order valence-corrected chi connectivity index (χ2v) is 4.89. The molecule has 0 bridgehead atoms. The van der Waals surface area contributed by atoms with Crippen LogP contribution in [-0.4, -0.2) is 9.97 Å². The summed E-state index contributed by atoms with van der Waals surface area (Å²) < 4.78 is 13.4. The van der Waals surface area contributed by atoms with Crippen LogP contribution in [0, 0.1) is 12.9 Å². The molecular weight excluding hydrogens is 235 g/mol. The molecule has 0 saturated heterocycles. The zero-order valence-corrected chi connectivity index (χ0v) is 9.96. The van der Waals surface area contributed by atoms with E-state index in [0.717, 1.165) is 10.4 Å². The zero-order valence-electron chi connectivity index (χ0n) is 9.14. The van der Waals surface area contributed by atoms with Gasteiger partial charge < -0.3 is 0 Å². The van der Waals surface area contributed by atoms with Crippen LogP contribution in [0.15, 0.2) is 36.7 Å². The van der Waals surface area contributed by atoms with Crippen LogP contribution in [0.4, 0.5) is 4.39 Å². The Labute approximate surface area is 102 Å². The van der Waals surface area contributed by atoms with Gasteiger partial charge in [0.05, 0.1) is 5.39 Å². The highest BCUT2D eigenvalue weighted by Gasteiger charge is 2.09. The third-order valence-electron chi connectivity index (χ3n) is 2.62. The van der Waals surface area contributed by atoms with E-state index in [4.69, 9.17) is 0 Å². The Kier molecular flexibility index (Phi) is 2.37. The van der Waals surface area contributed by atoms with Gasteiger partial charge in [0.1, 0.15) is 11.2 Å². The molecule has 0 aliphatic heterocycles. The third-order valence-corrected chi connectivity index (χ3v) is 3.71. The molecule has 17 heavy (non-hydrogen) atoms. The molecule has 0 atom stereocenters. The maximum Gasteiger partial charge on any atom is 0.224 e. The lowest BCUT2D eigenvalue weighted by molar-refractivity contribution is 0.594. The van der Waals surface area contributed by atoms with Gasteiger partial charge in [-0.15, -0.1) is 11.3 Å². The van der Waals surface area contributed by atoms with Gasteiger partial charge in [0, 0.05) is 4.88 Å². The van der Waals surface area contributed by atoms with Crippen LogP contribution in [0.5, 0.6) is 0 Å². The van der Waals surface area contributed by atoms with Gasteiger partial charge in [-0.25, -0.2) is 9.97 Å². The van der Waals surface area contributed by atoms with Gasteiger partial charge >= 0.3 is 0 Å². The number of fused-ring (bicyclic) bond motifs is 1. The first-order chi connectivity index (χ1) is 8.24. The van der Waals surface area contributed by atoms with Crippen molar-refractivity contribution in [1.82, 2.24) is 9.97 Å². The molecule has 1 aromatic carbocycles. The summed E-state index contributed by atoms with van der Waals surface area (Å²) in [6, 6.07) is 9.96. The van der Waals surface area contributed by atoms with E-state index in [0.29, 0.717) is 10.2 Å². The molecule has 2 heterocycles. The molecule has 0 fully saturated rings. The van der Waals surface area contributed by atoms with E-state index in [1.54, 1.807) is 6.07 Å². The highest BCUT2D eigenvalue weighted by atomic mass is 32.1. The first kappa shape index (κ1) is 10.4. The van der Waals surface area contributed by atoms with Crippen LogP contribution in [0.2, 0.25) is 0 Å². The lowest BCUT2D eigenvalue weighted by atomic mass is 10.1. The first-order valence-electron chi connectivity index (χ1n) is 5.21. The van der Waals surface area contributed by atoms with Crippen LogP contribution in [-0.2, 0) is 0 Å². The van der Waals surface area contributed by atoms with Gasteiger partial charge in [-0.1, -0.05) is 29.8 Å². The molecule has 0 radical (unpaired) electrons. The van der Waals surface area contributed by atoms with Crippen molar-refractivity contribution in [2.75, 3.05) is 0 Å². The van der Waals surface area contributed by atoms with Gasteiger partial charge in [0.25, 0.3) is 0 Å². The normalized spacial score (nSPS) is 10.9.